The number of benzene rings is 1. The van der Waals surface area contributed by atoms with Gasteiger partial charge in [-0.25, -0.2) is 0 Å². The Bertz CT molecular complexity index is 708. The monoisotopic (exact) mass is 346 g/mol. The van der Waals surface area contributed by atoms with Crippen LogP contribution in [0.3, 0.4) is 0 Å². The Labute approximate surface area is 131 Å². The summed E-state index contributed by atoms with van der Waals surface area (Å²) < 4.78 is 1.20. The molecule has 3 aromatic rings. The van der Waals surface area contributed by atoms with Gasteiger partial charge in [0, 0.05) is 23.4 Å². The highest BCUT2D eigenvalue weighted by molar-refractivity contribution is 9.11. The van der Waals surface area contributed by atoms with E-state index in [2.05, 4.69) is 62.6 Å². The molecule has 102 valence electrons. The number of thiophene rings is 1. The molecule has 0 saturated carbocycles. The Morgan fingerprint density at radius 1 is 1.05 bits per heavy atom. The van der Waals surface area contributed by atoms with E-state index in [1.54, 1.807) is 11.3 Å². The van der Waals surface area contributed by atoms with E-state index in [-0.39, 0.29) is 0 Å². The van der Waals surface area contributed by atoms with Crippen LogP contribution in [0.5, 0.6) is 0 Å². The van der Waals surface area contributed by atoms with Crippen LogP contribution in [0.4, 0.5) is 0 Å². The third-order valence-electron chi connectivity index (χ3n) is 3.14. The predicted octanol–water partition coefficient (Wildman–Crippen LogP) is 4.39. The number of hydrogen-bond donors (Lipinski definition) is 1. The highest BCUT2D eigenvalue weighted by atomic mass is 79.9. The molecular formula is C16H15BrN2S. The van der Waals surface area contributed by atoms with E-state index in [0.29, 0.717) is 0 Å². The maximum absolute atomic E-state index is 4.66. The van der Waals surface area contributed by atoms with Gasteiger partial charge in [-0.05, 0) is 46.6 Å². The fourth-order valence-electron chi connectivity index (χ4n) is 2.12. The first kappa shape index (κ1) is 13.7. The van der Waals surface area contributed by atoms with Crippen LogP contribution in [-0.4, -0.2) is 11.5 Å². The average Bonchev–Trinajstić information content (AvgIpc) is 2.89. The van der Waals surface area contributed by atoms with Gasteiger partial charge in [0.05, 0.1) is 15.0 Å². The smallest absolute Gasteiger partial charge is 0.0705 e. The average molecular weight is 347 g/mol. The van der Waals surface area contributed by atoms with Crippen molar-refractivity contribution in [2.45, 2.75) is 13.0 Å². The standard InChI is InChI=1S/C16H15BrN2S/c17-16-8-7-14(20-16)9-10-18-11-13-6-5-12-3-1-2-4-15(12)19-13/h1-8,18H,9-11H2. The molecule has 0 fully saturated rings. The summed E-state index contributed by atoms with van der Waals surface area (Å²) >= 11 is 5.29. The maximum atomic E-state index is 4.66. The van der Waals surface area contributed by atoms with Crippen molar-refractivity contribution in [1.29, 1.82) is 0 Å². The third kappa shape index (κ3) is 3.45. The van der Waals surface area contributed by atoms with Crippen molar-refractivity contribution in [2.75, 3.05) is 6.54 Å². The Hall–Kier alpha value is -1.23. The van der Waals surface area contributed by atoms with Crippen LogP contribution in [-0.2, 0) is 13.0 Å². The number of rotatable bonds is 5. The van der Waals surface area contributed by atoms with Gasteiger partial charge in [0.15, 0.2) is 0 Å². The first-order chi connectivity index (χ1) is 9.81. The second kappa shape index (κ2) is 6.48. The number of nitrogens with one attached hydrogen (secondary N) is 1. The molecule has 0 aliphatic carbocycles. The fourth-order valence-corrected chi connectivity index (χ4v) is 3.60. The van der Waals surface area contributed by atoms with Gasteiger partial charge in [0.1, 0.15) is 0 Å². The van der Waals surface area contributed by atoms with Gasteiger partial charge in [-0.2, -0.15) is 0 Å². The van der Waals surface area contributed by atoms with Crippen LogP contribution in [0.1, 0.15) is 10.6 Å². The van der Waals surface area contributed by atoms with Crippen LogP contribution in [0.25, 0.3) is 10.9 Å². The Balaban J connectivity index is 1.54. The first-order valence-electron chi connectivity index (χ1n) is 6.61. The molecule has 4 heteroatoms. The summed E-state index contributed by atoms with van der Waals surface area (Å²) in [7, 11) is 0. The van der Waals surface area contributed by atoms with Crippen molar-refractivity contribution in [3.63, 3.8) is 0 Å². The molecule has 0 spiro atoms. The number of hydrogen-bond acceptors (Lipinski definition) is 3. The maximum Gasteiger partial charge on any atom is 0.0705 e. The highest BCUT2D eigenvalue weighted by Crippen LogP contribution is 2.22. The lowest BCUT2D eigenvalue weighted by atomic mass is 10.2. The van der Waals surface area contributed by atoms with Crippen molar-refractivity contribution in [3.05, 3.63) is 62.9 Å². The number of para-hydroxylation sites is 1. The van der Waals surface area contributed by atoms with Crippen molar-refractivity contribution in [3.8, 4) is 0 Å². The van der Waals surface area contributed by atoms with Crippen LogP contribution >= 0.6 is 27.3 Å². The minimum absolute atomic E-state index is 0.817. The lowest BCUT2D eigenvalue weighted by molar-refractivity contribution is 0.680. The van der Waals surface area contributed by atoms with E-state index in [9.17, 15) is 0 Å². The Kier molecular flexibility index (Phi) is 4.45. The zero-order chi connectivity index (χ0) is 13.8. The highest BCUT2D eigenvalue weighted by Gasteiger charge is 1.99. The van der Waals surface area contributed by atoms with E-state index in [1.165, 1.54) is 14.0 Å². The number of halogens is 1. The molecule has 0 bridgehead atoms. The number of aromatic nitrogens is 1. The minimum Gasteiger partial charge on any atom is -0.311 e. The second-order valence-corrected chi connectivity index (χ2v) is 7.18. The van der Waals surface area contributed by atoms with E-state index >= 15 is 0 Å². The number of pyridine rings is 1. The van der Waals surface area contributed by atoms with Crippen molar-refractivity contribution >= 4 is 38.2 Å². The molecule has 0 radical (unpaired) electrons. The van der Waals surface area contributed by atoms with Gasteiger partial charge in [0.25, 0.3) is 0 Å². The van der Waals surface area contributed by atoms with E-state index in [0.717, 1.165) is 30.7 Å². The largest absolute Gasteiger partial charge is 0.311 e. The molecular weight excluding hydrogens is 332 g/mol. The zero-order valence-corrected chi connectivity index (χ0v) is 13.4. The van der Waals surface area contributed by atoms with Crippen LogP contribution in [0.15, 0.2) is 52.3 Å². The topological polar surface area (TPSA) is 24.9 Å². The predicted molar refractivity (Wildman–Crippen MR) is 89.2 cm³/mol. The summed E-state index contributed by atoms with van der Waals surface area (Å²) in [5, 5.41) is 4.65. The molecule has 0 aliphatic heterocycles. The van der Waals surface area contributed by atoms with Crippen LogP contribution < -0.4 is 5.32 Å². The summed E-state index contributed by atoms with van der Waals surface area (Å²) in [6.07, 6.45) is 1.06. The summed E-state index contributed by atoms with van der Waals surface area (Å²) in [6.45, 7) is 1.79. The van der Waals surface area contributed by atoms with Crippen molar-refractivity contribution in [1.82, 2.24) is 10.3 Å². The van der Waals surface area contributed by atoms with Crippen molar-refractivity contribution in [2.24, 2.45) is 0 Å². The van der Waals surface area contributed by atoms with Gasteiger partial charge in [-0.3, -0.25) is 4.98 Å². The van der Waals surface area contributed by atoms with Crippen LogP contribution in [0, 0.1) is 0 Å². The molecule has 2 heterocycles. The Morgan fingerprint density at radius 3 is 2.80 bits per heavy atom. The summed E-state index contributed by atoms with van der Waals surface area (Å²) in [5.41, 5.74) is 2.16. The molecule has 2 nitrogen and oxygen atoms in total. The molecule has 3 rings (SSSR count). The fraction of sp³-hybridized carbons (Fsp3) is 0.188. The van der Waals surface area contributed by atoms with Gasteiger partial charge in [-0.15, -0.1) is 11.3 Å². The number of fused-ring (bicyclic) bond motifs is 1. The number of nitrogens with zero attached hydrogens (tertiary/aromatic N) is 1. The molecule has 0 saturated heterocycles. The molecule has 0 unspecified atom stereocenters. The Morgan fingerprint density at radius 2 is 1.95 bits per heavy atom. The lowest BCUT2D eigenvalue weighted by Gasteiger charge is -2.05. The molecule has 1 N–H and O–H groups in total. The van der Waals surface area contributed by atoms with E-state index in [4.69, 9.17) is 0 Å². The van der Waals surface area contributed by atoms with Gasteiger partial charge >= 0.3 is 0 Å². The van der Waals surface area contributed by atoms with Gasteiger partial charge in [-0.1, -0.05) is 24.3 Å². The van der Waals surface area contributed by atoms with Crippen LogP contribution in [0.2, 0.25) is 0 Å². The van der Waals surface area contributed by atoms with E-state index < -0.39 is 0 Å². The summed E-state index contributed by atoms with van der Waals surface area (Å²) in [4.78, 5) is 6.06. The normalized spacial score (nSPS) is 11.1. The molecule has 2 aromatic heterocycles. The lowest BCUT2D eigenvalue weighted by Crippen LogP contribution is -2.17. The minimum atomic E-state index is 0.817. The van der Waals surface area contributed by atoms with Gasteiger partial charge in [0.2, 0.25) is 0 Å². The first-order valence-corrected chi connectivity index (χ1v) is 8.22. The zero-order valence-electron chi connectivity index (χ0n) is 11.0. The third-order valence-corrected chi connectivity index (χ3v) is 4.82. The van der Waals surface area contributed by atoms with E-state index in [1.807, 2.05) is 12.1 Å². The molecule has 0 atom stereocenters. The SMILES string of the molecule is Brc1ccc(CCNCc2ccc3ccccc3n2)s1. The molecule has 20 heavy (non-hydrogen) atoms. The molecule has 1 aromatic carbocycles. The van der Waals surface area contributed by atoms with Crippen molar-refractivity contribution < 1.29 is 0 Å². The second-order valence-electron chi connectivity index (χ2n) is 4.63. The summed E-state index contributed by atoms with van der Waals surface area (Å²) in [6, 6.07) is 16.7. The molecule has 0 amide bonds. The van der Waals surface area contributed by atoms with Gasteiger partial charge < -0.3 is 5.32 Å². The summed E-state index contributed by atoms with van der Waals surface area (Å²) in [5.74, 6) is 0. The quantitative estimate of drug-likeness (QED) is 0.693. The molecule has 0 aliphatic rings.